The van der Waals surface area contributed by atoms with Crippen molar-refractivity contribution in [3.63, 3.8) is 0 Å². The Labute approximate surface area is 114 Å². The number of halogens is 2. The van der Waals surface area contributed by atoms with Gasteiger partial charge in [0, 0.05) is 0 Å². The fraction of sp³-hybridized carbons (Fsp3) is 0.273. The topological polar surface area (TPSA) is 67.4 Å². The van der Waals surface area contributed by atoms with Crippen LogP contribution in [0.1, 0.15) is 0 Å². The van der Waals surface area contributed by atoms with E-state index in [1.54, 1.807) is 18.2 Å². The number of esters is 1. The molecule has 5 nitrogen and oxygen atoms in total. The number of benzene rings is 1. The molecule has 0 spiro atoms. The number of carbonyl (C=O) groups excluding carboxylic acids is 2. The number of hydrogen-bond acceptors (Lipinski definition) is 4. The molecule has 0 heterocycles. The second-order valence-corrected chi connectivity index (χ2v) is 4.14. The highest BCUT2D eigenvalue weighted by Crippen LogP contribution is 2.29. The van der Waals surface area contributed by atoms with Crippen LogP contribution in [0.4, 0.5) is 5.69 Å². The third-order valence-corrected chi connectivity index (χ3v) is 2.64. The van der Waals surface area contributed by atoms with Gasteiger partial charge in [-0.1, -0.05) is 29.3 Å². The predicted molar refractivity (Wildman–Crippen MR) is 70.0 cm³/mol. The first-order chi connectivity index (χ1) is 8.54. The molecule has 7 heteroatoms. The highest BCUT2D eigenvalue weighted by atomic mass is 35.5. The summed E-state index contributed by atoms with van der Waals surface area (Å²) in [6.45, 7) is -0.0865. The first kappa shape index (κ1) is 14.8. The molecule has 1 rings (SSSR count). The number of nitrogens with one attached hydrogen (secondary N) is 2. The maximum Gasteiger partial charge on any atom is 0.319 e. The van der Waals surface area contributed by atoms with Crippen molar-refractivity contribution in [3.8, 4) is 0 Å². The average Bonchev–Trinajstić information content (AvgIpc) is 2.34. The van der Waals surface area contributed by atoms with Crippen molar-refractivity contribution in [3.05, 3.63) is 28.2 Å². The number of para-hydroxylation sites is 1. The van der Waals surface area contributed by atoms with Gasteiger partial charge in [0.1, 0.15) is 0 Å². The summed E-state index contributed by atoms with van der Waals surface area (Å²) in [5.41, 5.74) is 0.353. The smallest absolute Gasteiger partial charge is 0.319 e. The molecule has 0 atom stereocenters. The molecule has 1 aromatic carbocycles. The molecule has 0 bridgehead atoms. The van der Waals surface area contributed by atoms with E-state index in [0.29, 0.717) is 15.7 Å². The summed E-state index contributed by atoms with van der Waals surface area (Å²) in [5.74, 6) is -0.799. The molecule has 0 aliphatic rings. The Kier molecular flexibility index (Phi) is 5.91. The molecule has 0 saturated carbocycles. The Bertz CT molecular complexity index is 432. The molecule has 0 aliphatic heterocycles. The van der Waals surface area contributed by atoms with Gasteiger partial charge in [0.2, 0.25) is 5.91 Å². The minimum Gasteiger partial charge on any atom is -0.468 e. The van der Waals surface area contributed by atoms with E-state index in [1.165, 1.54) is 7.11 Å². The number of amides is 1. The van der Waals surface area contributed by atoms with Crippen LogP contribution in [0.15, 0.2) is 18.2 Å². The van der Waals surface area contributed by atoms with Crippen molar-refractivity contribution in [1.82, 2.24) is 5.32 Å². The van der Waals surface area contributed by atoms with Crippen LogP contribution in [0.3, 0.4) is 0 Å². The van der Waals surface area contributed by atoms with E-state index in [-0.39, 0.29) is 19.0 Å². The predicted octanol–water partition coefficient (Wildman–Crippen LogP) is 1.69. The fourth-order valence-electron chi connectivity index (χ4n) is 1.15. The lowest BCUT2D eigenvalue weighted by atomic mass is 10.3. The van der Waals surface area contributed by atoms with E-state index in [0.717, 1.165) is 0 Å². The molecular formula is C11H12Cl2N2O3. The summed E-state index contributed by atoms with van der Waals surface area (Å²) in [7, 11) is 1.27. The molecule has 2 N–H and O–H groups in total. The monoisotopic (exact) mass is 290 g/mol. The highest BCUT2D eigenvalue weighted by Gasteiger charge is 2.09. The van der Waals surface area contributed by atoms with Gasteiger partial charge in [0.25, 0.3) is 0 Å². The SMILES string of the molecule is COC(=O)CNCC(=O)Nc1c(Cl)cccc1Cl. The van der Waals surface area contributed by atoms with Crippen molar-refractivity contribution in [2.45, 2.75) is 0 Å². The van der Waals surface area contributed by atoms with Gasteiger partial charge >= 0.3 is 5.97 Å². The third-order valence-electron chi connectivity index (χ3n) is 2.01. The van der Waals surface area contributed by atoms with Gasteiger partial charge in [-0.25, -0.2) is 0 Å². The van der Waals surface area contributed by atoms with Gasteiger partial charge in [-0.05, 0) is 12.1 Å². The van der Waals surface area contributed by atoms with Crippen LogP contribution < -0.4 is 10.6 Å². The molecule has 98 valence electrons. The maximum absolute atomic E-state index is 11.5. The first-order valence-corrected chi connectivity index (χ1v) is 5.81. The van der Waals surface area contributed by atoms with E-state index in [4.69, 9.17) is 23.2 Å². The normalized spacial score (nSPS) is 9.94. The quantitative estimate of drug-likeness (QED) is 0.810. The van der Waals surface area contributed by atoms with Crippen molar-refractivity contribution in [2.75, 3.05) is 25.5 Å². The second kappa shape index (κ2) is 7.20. The summed E-state index contributed by atoms with van der Waals surface area (Å²) < 4.78 is 4.41. The molecule has 1 amide bonds. The minimum atomic E-state index is -0.446. The Hall–Kier alpha value is -1.30. The Morgan fingerprint density at radius 2 is 1.83 bits per heavy atom. The maximum atomic E-state index is 11.5. The Morgan fingerprint density at radius 3 is 2.39 bits per heavy atom. The molecule has 0 aliphatic carbocycles. The third kappa shape index (κ3) is 4.52. The van der Waals surface area contributed by atoms with Gasteiger partial charge in [-0.2, -0.15) is 0 Å². The van der Waals surface area contributed by atoms with Gasteiger partial charge < -0.3 is 10.1 Å². The van der Waals surface area contributed by atoms with Gasteiger partial charge in [0.05, 0.1) is 35.9 Å². The summed E-state index contributed by atoms with van der Waals surface area (Å²) in [6, 6.07) is 4.91. The lowest BCUT2D eigenvalue weighted by molar-refractivity contribution is -0.139. The Morgan fingerprint density at radius 1 is 1.22 bits per heavy atom. The first-order valence-electron chi connectivity index (χ1n) is 5.06. The van der Waals surface area contributed by atoms with Crippen molar-refractivity contribution in [1.29, 1.82) is 0 Å². The van der Waals surface area contributed by atoms with E-state index >= 15 is 0 Å². The van der Waals surface area contributed by atoms with E-state index in [9.17, 15) is 9.59 Å². The van der Waals surface area contributed by atoms with E-state index in [2.05, 4.69) is 15.4 Å². The van der Waals surface area contributed by atoms with Crippen LogP contribution >= 0.6 is 23.2 Å². The van der Waals surface area contributed by atoms with Gasteiger partial charge in [0.15, 0.2) is 0 Å². The molecule has 1 aromatic rings. The van der Waals surface area contributed by atoms with Gasteiger partial charge in [-0.15, -0.1) is 0 Å². The zero-order valence-electron chi connectivity index (χ0n) is 9.63. The molecule has 0 unspecified atom stereocenters. The van der Waals surface area contributed by atoms with Gasteiger partial charge in [-0.3, -0.25) is 14.9 Å². The summed E-state index contributed by atoms with van der Waals surface area (Å²) in [6.07, 6.45) is 0. The average molecular weight is 291 g/mol. The molecular weight excluding hydrogens is 279 g/mol. The minimum absolute atomic E-state index is 0.0415. The zero-order chi connectivity index (χ0) is 13.5. The second-order valence-electron chi connectivity index (χ2n) is 3.32. The number of ether oxygens (including phenoxy) is 1. The van der Waals surface area contributed by atoms with Crippen LogP contribution in [0.2, 0.25) is 10.0 Å². The van der Waals surface area contributed by atoms with Crippen LogP contribution in [-0.4, -0.2) is 32.1 Å². The summed E-state index contributed by atoms with van der Waals surface area (Å²) in [4.78, 5) is 22.3. The number of hydrogen-bond donors (Lipinski definition) is 2. The van der Waals surface area contributed by atoms with Crippen molar-refractivity contribution >= 4 is 40.8 Å². The molecule has 0 fully saturated rings. The lowest BCUT2D eigenvalue weighted by Crippen LogP contribution is -2.32. The molecule has 0 aromatic heterocycles. The highest BCUT2D eigenvalue weighted by molar-refractivity contribution is 6.39. The van der Waals surface area contributed by atoms with Crippen molar-refractivity contribution < 1.29 is 14.3 Å². The number of carbonyl (C=O) groups is 2. The molecule has 0 saturated heterocycles. The number of anilines is 1. The van der Waals surface area contributed by atoms with Crippen LogP contribution in [0.25, 0.3) is 0 Å². The van der Waals surface area contributed by atoms with Crippen LogP contribution in [0, 0.1) is 0 Å². The summed E-state index contributed by atoms with van der Waals surface area (Å²) in [5, 5.41) is 5.88. The Balaban J connectivity index is 2.47. The number of rotatable bonds is 5. The van der Waals surface area contributed by atoms with Crippen LogP contribution in [-0.2, 0) is 14.3 Å². The zero-order valence-corrected chi connectivity index (χ0v) is 11.1. The molecule has 0 radical (unpaired) electrons. The lowest BCUT2D eigenvalue weighted by Gasteiger charge is -2.09. The fourth-order valence-corrected chi connectivity index (χ4v) is 1.64. The molecule has 18 heavy (non-hydrogen) atoms. The van der Waals surface area contributed by atoms with E-state index in [1.807, 2.05) is 0 Å². The van der Waals surface area contributed by atoms with E-state index < -0.39 is 5.97 Å². The van der Waals surface area contributed by atoms with Crippen molar-refractivity contribution in [2.24, 2.45) is 0 Å². The standard InChI is InChI=1S/C11H12Cl2N2O3/c1-18-10(17)6-14-5-9(16)15-11-7(12)3-2-4-8(11)13/h2-4,14H,5-6H2,1H3,(H,15,16). The number of methoxy groups -OCH3 is 1. The summed E-state index contributed by atoms with van der Waals surface area (Å²) >= 11 is 11.8. The largest absolute Gasteiger partial charge is 0.468 e. The van der Waals surface area contributed by atoms with Crippen LogP contribution in [0.5, 0.6) is 0 Å².